The zero-order valence-corrected chi connectivity index (χ0v) is 13.4. The summed E-state index contributed by atoms with van der Waals surface area (Å²) in [5.41, 5.74) is 4.08. The van der Waals surface area contributed by atoms with E-state index in [1.165, 1.54) is 0 Å². The van der Waals surface area contributed by atoms with Crippen LogP contribution in [0, 0.1) is 13.8 Å². The Morgan fingerprint density at radius 1 is 0.909 bits per heavy atom. The van der Waals surface area contributed by atoms with Crippen LogP contribution in [-0.2, 0) is 0 Å². The highest BCUT2D eigenvalue weighted by atomic mass is 15.3. The second kappa shape index (κ2) is 5.72. The Morgan fingerprint density at radius 2 is 1.64 bits per heavy atom. The topological polar surface area (TPSA) is 43.6 Å². The minimum absolute atomic E-state index is 0.292. The number of para-hydroxylation sites is 1. The molecule has 0 aliphatic rings. The van der Waals surface area contributed by atoms with Gasteiger partial charge in [0.1, 0.15) is 5.82 Å². The van der Waals surface area contributed by atoms with E-state index in [2.05, 4.69) is 51.8 Å². The van der Waals surface area contributed by atoms with Crippen molar-refractivity contribution in [3.63, 3.8) is 0 Å². The average molecular weight is 292 g/mol. The lowest BCUT2D eigenvalue weighted by molar-refractivity contribution is 0.746. The summed E-state index contributed by atoms with van der Waals surface area (Å²) in [4.78, 5) is 4.56. The maximum atomic E-state index is 4.56. The number of rotatable bonds is 3. The van der Waals surface area contributed by atoms with Crippen molar-refractivity contribution in [2.45, 2.75) is 33.6 Å². The smallest absolute Gasteiger partial charge is 0.170 e. The van der Waals surface area contributed by atoms with Crippen molar-refractivity contribution >= 4 is 0 Å². The Bertz CT molecular complexity index is 788. The van der Waals surface area contributed by atoms with E-state index >= 15 is 0 Å². The number of aromatic nitrogens is 4. The van der Waals surface area contributed by atoms with Crippen LogP contribution in [-0.4, -0.2) is 19.7 Å². The van der Waals surface area contributed by atoms with E-state index in [9.17, 15) is 0 Å². The number of hydrogen-bond donors (Lipinski definition) is 0. The number of hydrogen-bond acceptors (Lipinski definition) is 3. The van der Waals surface area contributed by atoms with Gasteiger partial charge < -0.3 is 0 Å². The Morgan fingerprint density at radius 3 is 2.27 bits per heavy atom. The monoisotopic (exact) mass is 292 g/mol. The van der Waals surface area contributed by atoms with Crippen LogP contribution in [0.5, 0.6) is 0 Å². The molecular weight excluding hydrogens is 272 g/mol. The molecule has 0 bridgehead atoms. The van der Waals surface area contributed by atoms with Crippen molar-refractivity contribution in [3.8, 4) is 17.1 Å². The van der Waals surface area contributed by atoms with Crippen LogP contribution < -0.4 is 0 Å². The molecular formula is C18H20N4. The fraction of sp³-hybridized carbons (Fsp3) is 0.278. The third-order valence-electron chi connectivity index (χ3n) is 3.68. The summed E-state index contributed by atoms with van der Waals surface area (Å²) >= 11 is 0. The van der Waals surface area contributed by atoms with E-state index in [4.69, 9.17) is 0 Å². The SMILES string of the molecule is Cc1ccc(-c2nnc(C(C)C)n2-c2ccccc2)c(C)n1. The summed E-state index contributed by atoms with van der Waals surface area (Å²) in [5, 5.41) is 8.86. The maximum absolute atomic E-state index is 4.56. The van der Waals surface area contributed by atoms with Crippen LogP contribution >= 0.6 is 0 Å². The molecule has 22 heavy (non-hydrogen) atoms. The van der Waals surface area contributed by atoms with Gasteiger partial charge >= 0.3 is 0 Å². The van der Waals surface area contributed by atoms with Crippen LogP contribution in [0.15, 0.2) is 42.5 Å². The molecule has 0 spiro atoms. The summed E-state index contributed by atoms with van der Waals surface area (Å²) in [6, 6.07) is 14.3. The van der Waals surface area contributed by atoms with Crippen LogP contribution in [0.2, 0.25) is 0 Å². The van der Waals surface area contributed by atoms with E-state index < -0.39 is 0 Å². The Balaban J connectivity index is 2.25. The molecule has 3 aromatic rings. The van der Waals surface area contributed by atoms with Crippen LogP contribution in [0.1, 0.15) is 37.0 Å². The molecule has 1 aromatic carbocycles. The second-order valence-electron chi connectivity index (χ2n) is 5.79. The highest BCUT2D eigenvalue weighted by Crippen LogP contribution is 2.27. The van der Waals surface area contributed by atoms with Crippen molar-refractivity contribution in [1.29, 1.82) is 0 Å². The molecule has 2 heterocycles. The Labute approximate surface area is 130 Å². The summed E-state index contributed by atoms with van der Waals surface area (Å²) < 4.78 is 2.13. The van der Waals surface area contributed by atoms with Gasteiger partial charge in [0.2, 0.25) is 0 Å². The molecule has 0 aliphatic heterocycles. The standard InChI is InChI=1S/C18H20N4/c1-12(2)17-20-21-18(16-11-10-13(3)19-14(16)4)22(17)15-8-6-5-7-9-15/h5-12H,1-4H3. The van der Waals surface area contributed by atoms with Gasteiger partial charge in [-0.05, 0) is 38.1 Å². The molecule has 112 valence electrons. The molecule has 2 aromatic heterocycles. The van der Waals surface area contributed by atoms with E-state index in [-0.39, 0.29) is 0 Å². The molecule has 4 heteroatoms. The molecule has 0 N–H and O–H groups in total. The molecule has 0 saturated carbocycles. The molecule has 0 unspecified atom stereocenters. The molecule has 0 atom stereocenters. The number of aryl methyl sites for hydroxylation is 2. The predicted octanol–water partition coefficient (Wildman–Crippen LogP) is 4.07. The first-order chi connectivity index (χ1) is 10.6. The van der Waals surface area contributed by atoms with E-state index in [0.29, 0.717) is 5.92 Å². The zero-order chi connectivity index (χ0) is 15.7. The first kappa shape index (κ1) is 14.4. The second-order valence-corrected chi connectivity index (χ2v) is 5.79. The first-order valence-electron chi connectivity index (χ1n) is 7.53. The van der Waals surface area contributed by atoms with Gasteiger partial charge in [-0.3, -0.25) is 9.55 Å². The van der Waals surface area contributed by atoms with Crippen molar-refractivity contribution in [3.05, 3.63) is 59.7 Å². The van der Waals surface area contributed by atoms with Crippen molar-refractivity contribution in [2.75, 3.05) is 0 Å². The Hall–Kier alpha value is -2.49. The van der Waals surface area contributed by atoms with Gasteiger partial charge in [0.05, 0.1) is 0 Å². The fourth-order valence-electron chi connectivity index (χ4n) is 2.60. The summed E-state index contributed by atoms with van der Waals surface area (Å²) in [6.07, 6.45) is 0. The number of benzene rings is 1. The highest BCUT2D eigenvalue weighted by Gasteiger charge is 2.19. The van der Waals surface area contributed by atoms with Gasteiger partial charge in [0.25, 0.3) is 0 Å². The predicted molar refractivity (Wildman–Crippen MR) is 88.2 cm³/mol. The lowest BCUT2D eigenvalue weighted by atomic mass is 10.1. The summed E-state index contributed by atoms with van der Waals surface area (Å²) in [6.45, 7) is 8.28. The van der Waals surface area contributed by atoms with Crippen LogP contribution in [0.4, 0.5) is 0 Å². The van der Waals surface area contributed by atoms with E-state index in [0.717, 1.165) is 34.3 Å². The number of nitrogens with zero attached hydrogens (tertiary/aromatic N) is 4. The molecule has 0 fully saturated rings. The van der Waals surface area contributed by atoms with Crippen LogP contribution in [0.3, 0.4) is 0 Å². The molecule has 0 saturated heterocycles. The minimum Gasteiger partial charge on any atom is -0.279 e. The third kappa shape index (κ3) is 2.52. The summed E-state index contributed by atoms with van der Waals surface area (Å²) in [7, 11) is 0. The van der Waals surface area contributed by atoms with Gasteiger partial charge in [-0.25, -0.2) is 0 Å². The highest BCUT2D eigenvalue weighted by molar-refractivity contribution is 5.61. The van der Waals surface area contributed by atoms with Gasteiger partial charge in [0.15, 0.2) is 5.82 Å². The summed E-state index contributed by atoms with van der Waals surface area (Å²) in [5.74, 6) is 2.10. The molecule has 0 amide bonds. The van der Waals surface area contributed by atoms with Gasteiger partial charge in [-0.15, -0.1) is 10.2 Å². The van der Waals surface area contributed by atoms with Gasteiger partial charge in [0, 0.05) is 28.6 Å². The molecule has 3 rings (SSSR count). The van der Waals surface area contributed by atoms with Crippen molar-refractivity contribution < 1.29 is 0 Å². The zero-order valence-electron chi connectivity index (χ0n) is 13.4. The maximum Gasteiger partial charge on any atom is 0.170 e. The van der Waals surface area contributed by atoms with E-state index in [1.807, 2.05) is 38.1 Å². The van der Waals surface area contributed by atoms with Gasteiger partial charge in [-0.1, -0.05) is 32.0 Å². The average Bonchev–Trinajstić information content (AvgIpc) is 2.93. The normalized spacial score (nSPS) is 11.1. The minimum atomic E-state index is 0.292. The molecule has 4 nitrogen and oxygen atoms in total. The third-order valence-corrected chi connectivity index (χ3v) is 3.68. The lowest BCUT2D eigenvalue weighted by Crippen LogP contribution is -2.05. The molecule has 0 aliphatic carbocycles. The van der Waals surface area contributed by atoms with Crippen molar-refractivity contribution in [2.24, 2.45) is 0 Å². The van der Waals surface area contributed by atoms with E-state index in [1.54, 1.807) is 0 Å². The number of pyridine rings is 1. The van der Waals surface area contributed by atoms with Crippen LogP contribution in [0.25, 0.3) is 17.1 Å². The lowest BCUT2D eigenvalue weighted by Gasteiger charge is -2.13. The van der Waals surface area contributed by atoms with Crippen molar-refractivity contribution in [1.82, 2.24) is 19.7 Å². The first-order valence-corrected chi connectivity index (χ1v) is 7.53. The fourth-order valence-corrected chi connectivity index (χ4v) is 2.60. The molecule has 0 radical (unpaired) electrons. The Kier molecular flexibility index (Phi) is 3.75. The largest absolute Gasteiger partial charge is 0.279 e. The quantitative estimate of drug-likeness (QED) is 0.731. The van der Waals surface area contributed by atoms with Gasteiger partial charge in [-0.2, -0.15) is 0 Å².